The number of rotatable bonds is 2. The average molecular weight is 179 g/mol. The van der Waals surface area contributed by atoms with Crippen molar-refractivity contribution in [3.63, 3.8) is 0 Å². The van der Waals surface area contributed by atoms with Crippen LogP contribution in [0.3, 0.4) is 0 Å². The molecule has 0 aromatic rings. The number of nitrogens with zero attached hydrogens (tertiary/aromatic N) is 2. The zero-order valence-electron chi connectivity index (χ0n) is 6.17. The van der Waals surface area contributed by atoms with Crippen LogP contribution in [0.25, 0.3) is 0 Å². The van der Waals surface area contributed by atoms with Crippen molar-refractivity contribution in [2.24, 2.45) is 4.99 Å². The Morgan fingerprint density at radius 1 is 1.42 bits per heavy atom. The first-order valence-electron chi connectivity index (χ1n) is 3.36. The third kappa shape index (κ3) is 3.27. The van der Waals surface area contributed by atoms with Crippen LogP contribution in [-0.2, 0) is 0 Å². The summed E-state index contributed by atoms with van der Waals surface area (Å²) in [6.07, 6.45) is -0.719. The standard InChI is InChI=1S/C6H8F3N3/c7-6(8,9)1-4-12-5-10-2-3-11-12/h2-3,5,11H,1,4H2. The molecule has 3 nitrogen and oxygen atoms in total. The fraction of sp³-hybridized carbons (Fsp3) is 0.500. The summed E-state index contributed by atoms with van der Waals surface area (Å²) in [7, 11) is 0. The van der Waals surface area contributed by atoms with Gasteiger partial charge < -0.3 is 5.43 Å². The predicted octanol–water partition coefficient (Wildman–Crippen LogP) is 1.26. The second-order valence-electron chi connectivity index (χ2n) is 2.27. The molecule has 0 aromatic carbocycles. The number of hydrogen-bond acceptors (Lipinski definition) is 3. The Hall–Kier alpha value is -1.20. The topological polar surface area (TPSA) is 27.6 Å². The summed E-state index contributed by atoms with van der Waals surface area (Å²) in [4.78, 5) is 3.65. The molecule has 68 valence electrons. The van der Waals surface area contributed by atoms with Crippen LogP contribution < -0.4 is 5.43 Å². The van der Waals surface area contributed by atoms with Gasteiger partial charge in [0.15, 0.2) is 0 Å². The normalized spacial score (nSPS) is 16.4. The van der Waals surface area contributed by atoms with Gasteiger partial charge in [-0.15, -0.1) is 0 Å². The number of hydrogen-bond donors (Lipinski definition) is 1. The van der Waals surface area contributed by atoms with Gasteiger partial charge in [0, 0.05) is 18.9 Å². The molecule has 1 aliphatic heterocycles. The molecule has 0 bridgehead atoms. The van der Waals surface area contributed by atoms with E-state index >= 15 is 0 Å². The Morgan fingerprint density at radius 2 is 2.17 bits per heavy atom. The summed E-state index contributed by atoms with van der Waals surface area (Å²) in [5, 5.41) is 1.27. The Bertz CT molecular complexity index is 197. The molecular weight excluding hydrogens is 171 g/mol. The van der Waals surface area contributed by atoms with Crippen molar-refractivity contribution in [3.8, 4) is 0 Å². The third-order valence-corrected chi connectivity index (χ3v) is 1.24. The highest BCUT2D eigenvalue weighted by molar-refractivity contribution is 5.56. The summed E-state index contributed by atoms with van der Waals surface area (Å²) < 4.78 is 35.1. The fourth-order valence-corrected chi connectivity index (χ4v) is 0.694. The monoisotopic (exact) mass is 179 g/mol. The van der Waals surface area contributed by atoms with E-state index < -0.39 is 12.6 Å². The molecule has 1 heterocycles. The summed E-state index contributed by atoms with van der Waals surface area (Å²) in [6.45, 7) is -0.128. The van der Waals surface area contributed by atoms with Gasteiger partial charge in [0.1, 0.15) is 6.34 Å². The highest BCUT2D eigenvalue weighted by Crippen LogP contribution is 2.19. The summed E-state index contributed by atoms with van der Waals surface area (Å²) in [5.41, 5.74) is 2.60. The molecule has 1 N–H and O–H groups in total. The molecule has 12 heavy (non-hydrogen) atoms. The molecule has 0 saturated carbocycles. The molecular formula is C6H8F3N3. The molecule has 0 aromatic heterocycles. The molecule has 0 unspecified atom stereocenters. The third-order valence-electron chi connectivity index (χ3n) is 1.24. The number of halogens is 3. The van der Waals surface area contributed by atoms with E-state index in [1.807, 2.05) is 0 Å². The van der Waals surface area contributed by atoms with E-state index in [9.17, 15) is 13.2 Å². The summed E-state index contributed by atoms with van der Waals surface area (Å²) in [5.74, 6) is 0. The smallest absolute Gasteiger partial charge is 0.303 e. The first kappa shape index (κ1) is 8.89. The van der Waals surface area contributed by atoms with Crippen molar-refractivity contribution >= 4 is 6.34 Å². The van der Waals surface area contributed by atoms with Gasteiger partial charge in [-0.1, -0.05) is 0 Å². The van der Waals surface area contributed by atoms with Crippen LogP contribution in [-0.4, -0.2) is 24.1 Å². The van der Waals surface area contributed by atoms with Crippen molar-refractivity contribution in [1.29, 1.82) is 0 Å². The largest absolute Gasteiger partial charge is 0.390 e. The number of alkyl halides is 3. The van der Waals surface area contributed by atoms with Crippen molar-refractivity contribution in [2.45, 2.75) is 12.6 Å². The number of nitrogens with one attached hydrogen (secondary N) is 1. The molecule has 1 aliphatic rings. The van der Waals surface area contributed by atoms with Crippen LogP contribution in [0.4, 0.5) is 13.2 Å². The van der Waals surface area contributed by atoms with Gasteiger partial charge in [-0.3, -0.25) is 5.01 Å². The van der Waals surface area contributed by atoms with E-state index in [1.54, 1.807) is 0 Å². The molecule has 0 radical (unpaired) electrons. The van der Waals surface area contributed by atoms with Crippen molar-refractivity contribution in [1.82, 2.24) is 10.4 Å². The highest BCUT2D eigenvalue weighted by Gasteiger charge is 2.27. The quantitative estimate of drug-likeness (QED) is 0.691. The minimum absolute atomic E-state index is 0.128. The van der Waals surface area contributed by atoms with Gasteiger partial charge in [0.05, 0.1) is 6.42 Å². The molecule has 1 rings (SSSR count). The zero-order chi connectivity index (χ0) is 9.03. The second kappa shape index (κ2) is 3.46. The first-order chi connectivity index (χ1) is 5.58. The molecule has 0 saturated heterocycles. The molecule has 0 atom stereocenters. The van der Waals surface area contributed by atoms with E-state index in [-0.39, 0.29) is 6.54 Å². The summed E-state index contributed by atoms with van der Waals surface area (Å²) >= 11 is 0. The minimum atomic E-state index is -4.11. The van der Waals surface area contributed by atoms with Gasteiger partial charge >= 0.3 is 6.18 Å². The number of aliphatic imine (C=N–C) groups is 1. The SMILES string of the molecule is FC(F)(F)CCN1C=NC=CN1. The van der Waals surface area contributed by atoms with Crippen molar-refractivity contribution in [3.05, 3.63) is 12.4 Å². The highest BCUT2D eigenvalue weighted by atomic mass is 19.4. The van der Waals surface area contributed by atoms with Crippen LogP contribution in [0.1, 0.15) is 6.42 Å². The van der Waals surface area contributed by atoms with E-state index in [0.29, 0.717) is 0 Å². The molecule has 0 spiro atoms. The fourth-order valence-electron chi connectivity index (χ4n) is 0.694. The maximum atomic E-state index is 11.7. The van der Waals surface area contributed by atoms with Gasteiger partial charge in [-0.05, 0) is 0 Å². The van der Waals surface area contributed by atoms with Crippen LogP contribution in [0.5, 0.6) is 0 Å². The van der Waals surface area contributed by atoms with Crippen LogP contribution in [0, 0.1) is 0 Å². The van der Waals surface area contributed by atoms with Crippen molar-refractivity contribution in [2.75, 3.05) is 6.54 Å². The lowest BCUT2D eigenvalue weighted by Gasteiger charge is -2.21. The zero-order valence-corrected chi connectivity index (χ0v) is 6.17. The lowest BCUT2D eigenvalue weighted by Crippen LogP contribution is -2.37. The molecule has 0 aliphatic carbocycles. The van der Waals surface area contributed by atoms with Gasteiger partial charge in [0.25, 0.3) is 0 Å². The number of hydrazine groups is 1. The van der Waals surface area contributed by atoms with Crippen LogP contribution in [0.2, 0.25) is 0 Å². The first-order valence-corrected chi connectivity index (χ1v) is 3.36. The predicted molar refractivity (Wildman–Crippen MR) is 38.1 cm³/mol. The van der Waals surface area contributed by atoms with Crippen molar-refractivity contribution < 1.29 is 13.2 Å². The Labute approximate surface area is 67.5 Å². The average Bonchev–Trinajstić information content (AvgIpc) is 2.02. The van der Waals surface area contributed by atoms with Gasteiger partial charge in [0.2, 0.25) is 0 Å². The Balaban J connectivity index is 2.24. The molecule has 0 amide bonds. The lowest BCUT2D eigenvalue weighted by atomic mass is 10.4. The van der Waals surface area contributed by atoms with Gasteiger partial charge in [-0.2, -0.15) is 13.2 Å². The Morgan fingerprint density at radius 3 is 2.67 bits per heavy atom. The lowest BCUT2D eigenvalue weighted by molar-refractivity contribution is -0.136. The summed E-state index contributed by atoms with van der Waals surface area (Å²) in [6, 6.07) is 0. The minimum Gasteiger partial charge on any atom is -0.303 e. The van der Waals surface area contributed by atoms with E-state index in [0.717, 1.165) is 0 Å². The van der Waals surface area contributed by atoms with Crippen LogP contribution in [0.15, 0.2) is 17.4 Å². The van der Waals surface area contributed by atoms with E-state index in [2.05, 4.69) is 10.4 Å². The maximum absolute atomic E-state index is 11.7. The Kier molecular flexibility index (Phi) is 2.57. The van der Waals surface area contributed by atoms with Gasteiger partial charge in [-0.25, -0.2) is 4.99 Å². The van der Waals surface area contributed by atoms with E-state index in [1.165, 1.54) is 23.7 Å². The van der Waals surface area contributed by atoms with Crippen LogP contribution >= 0.6 is 0 Å². The van der Waals surface area contributed by atoms with E-state index in [4.69, 9.17) is 0 Å². The second-order valence-corrected chi connectivity index (χ2v) is 2.27. The molecule has 6 heteroatoms. The molecule has 0 fully saturated rings. The maximum Gasteiger partial charge on any atom is 0.390 e.